The van der Waals surface area contributed by atoms with Crippen LogP contribution >= 0.6 is 0 Å². The highest BCUT2D eigenvalue weighted by Crippen LogP contribution is 2.35. The maximum absolute atomic E-state index is 15.1. The van der Waals surface area contributed by atoms with E-state index in [0.717, 1.165) is 18.7 Å². The van der Waals surface area contributed by atoms with Crippen LogP contribution in [0.2, 0.25) is 0 Å². The smallest absolute Gasteiger partial charge is 0.425 e. The summed E-state index contributed by atoms with van der Waals surface area (Å²) >= 11 is 0. The number of alkyl halides is 3. The maximum Gasteiger partial charge on any atom is 0.425 e. The van der Waals surface area contributed by atoms with Gasteiger partial charge in [-0.05, 0) is 69.0 Å². The summed E-state index contributed by atoms with van der Waals surface area (Å²) in [7, 11) is 0. The van der Waals surface area contributed by atoms with E-state index in [0.29, 0.717) is 30.2 Å². The number of hydrogen-bond acceptors (Lipinski definition) is 7. The minimum atomic E-state index is -4.90. The van der Waals surface area contributed by atoms with Crippen molar-refractivity contribution < 1.29 is 27.4 Å². The van der Waals surface area contributed by atoms with E-state index in [4.69, 9.17) is 4.74 Å². The van der Waals surface area contributed by atoms with E-state index in [-0.39, 0.29) is 29.2 Å². The van der Waals surface area contributed by atoms with Gasteiger partial charge in [-0.1, -0.05) is 0 Å². The normalized spacial score (nSPS) is 18.0. The summed E-state index contributed by atoms with van der Waals surface area (Å²) in [6, 6.07) is 4.31. The van der Waals surface area contributed by atoms with Gasteiger partial charge in [0.15, 0.2) is 17.1 Å². The van der Waals surface area contributed by atoms with Crippen molar-refractivity contribution in [3.05, 3.63) is 80.6 Å². The molecule has 0 radical (unpaired) electrons. The van der Waals surface area contributed by atoms with Crippen LogP contribution in [0.15, 0.2) is 52.6 Å². The molecule has 3 aromatic heterocycles. The summed E-state index contributed by atoms with van der Waals surface area (Å²) in [5.74, 6) is -1.29. The van der Waals surface area contributed by atoms with Gasteiger partial charge in [0.25, 0.3) is 11.1 Å². The van der Waals surface area contributed by atoms with Gasteiger partial charge < -0.3 is 14.4 Å². The largest absolute Gasteiger partial charge is 0.488 e. The van der Waals surface area contributed by atoms with E-state index < -0.39 is 46.1 Å². The second-order valence-corrected chi connectivity index (χ2v) is 10.8. The second kappa shape index (κ2) is 10.7. The average Bonchev–Trinajstić information content (AvgIpc) is 2.89. The van der Waals surface area contributed by atoms with Crippen molar-refractivity contribution in [2.24, 2.45) is 5.92 Å². The molecule has 1 saturated carbocycles. The van der Waals surface area contributed by atoms with Gasteiger partial charge in [0.1, 0.15) is 5.82 Å². The molecule has 0 saturated heterocycles. The number of rotatable bonds is 6. The monoisotopic (exact) mass is 573 g/mol. The molecule has 9 nitrogen and oxygen atoms in total. The van der Waals surface area contributed by atoms with Gasteiger partial charge in [0.05, 0.1) is 28.9 Å². The summed E-state index contributed by atoms with van der Waals surface area (Å²) in [6.07, 6.45) is 1.99. The Bertz CT molecular complexity index is 1690. The summed E-state index contributed by atoms with van der Waals surface area (Å²) < 4.78 is 62.4. The Balaban J connectivity index is 1.35. The number of ether oxygens (including phenoxy) is 1. The number of fused-ring (bicyclic) bond motifs is 1. The van der Waals surface area contributed by atoms with Gasteiger partial charge in [0.2, 0.25) is 0 Å². The number of hydrogen-bond donors (Lipinski definition) is 2. The quantitative estimate of drug-likeness (QED) is 0.324. The molecule has 1 aliphatic carbocycles. The number of nitrogens with zero attached hydrogens (tertiary/aromatic N) is 4. The zero-order valence-electron chi connectivity index (χ0n) is 22.2. The Morgan fingerprint density at radius 2 is 1.85 bits per heavy atom. The van der Waals surface area contributed by atoms with Crippen LogP contribution in [-0.2, 0) is 18.3 Å². The zero-order chi connectivity index (χ0) is 29.5. The van der Waals surface area contributed by atoms with E-state index in [2.05, 4.69) is 15.1 Å². The number of aromatic nitrogens is 5. The molecule has 2 N–H and O–H groups in total. The fourth-order valence-corrected chi connectivity index (χ4v) is 5.12. The third-order valence-corrected chi connectivity index (χ3v) is 7.25. The van der Waals surface area contributed by atoms with Crippen molar-refractivity contribution in [1.82, 2.24) is 24.7 Å². The Kier molecular flexibility index (Phi) is 7.41. The molecular weight excluding hydrogens is 546 g/mol. The molecule has 1 fully saturated rings. The SMILES string of the molecule is CC(C)(O)c1cnc(-c2cc3ccn(C[C@@H]4CCC[C@H](Oc5cn[nH]c(=O)c5C(F)(F)F)C4)c(=O)c3cc2F)nc1. The first-order chi connectivity index (χ1) is 19.3. The molecule has 13 heteroatoms. The van der Waals surface area contributed by atoms with Gasteiger partial charge in [-0.3, -0.25) is 9.59 Å². The fraction of sp³-hybridized carbons (Fsp3) is 0.393. The Morgan fingerprint density at radius 3 is 2.54 bits per heavy atom. The van der Waals surface area contributed by atoms with E-state index in [9.17, 15) is 27.9 Å². The van der Waals surface area contributed by atoms with Crippen LogP contribution in [0.25, 0.3) is 22.2 Å². The fourth-order valence-electron chi connectivity index (χ4n) is 5.12. The van der Waals surface area contributed by atoms with Crippen LogP contribution in [0.4, 0.5) is 17.6 Å². The molecule has 0 bridgehead atoms. The van der Waals surface area contributed by atoms with Crippen molar-refractivity contribution in [2.45, 2.75) is 64.0 Å². The minimum Gasteiger partial charge on any atom is -0.488 e. The van der Waals surface area contributed by atoms with Crippen molar-refractivity contribution in [2.75, 3.05) is 0 Å². The van der Waals surface area contributed by atoms with Gasteiger partial charge in [-0.2, -0.15) is 18.3 Å². The van der Waals surface area contributed by atoms with Crippen molar-refractivity contribution >= 4 is 10.8 Å². The van der Waals surface area contributed by atoms with Gasteiger partial charge in [-0.15, -0.1) is 0 Å². The first kappa shape index (κ1) is 28.4. The Morgan fingerprint density at radius 1 is 1.12 bits per heavy atom. The third-order valence-electron chi connectivity index (χ3n) is 7.25. The number of halogens is 4. The Labute approximate surface area is 230 Å². The number of benzene rings is 1. The predicted molar refractivity (Wildman–Crippen MR) is 141 cm³/mol. The highest BCUT2D eigenvalue weighted by atomic mass is 19.4. The number of aromatic amines is 1. The van der Waals surface area contributed by atoms with Crippen molar-refractivity contribution in [3.8, 4) is 17.1 Å². The molecule has 1 aliphatic rings. The molecular formula is C28H27F4N5O4. The minimum absolute atomic E-state index is 0.0972. The van der Waals surface area contributed by atoms with Crippen molar-refractivity contribution in [3.63, 3.8) is 0 Å². The van der Waals surface area contributed by atoms with Gasteiger partial charge in [0, 0.05) is 30.7 Å². The number of nitrogens with one attached hydrogen (secondary N) is 1. The Hall–Kier alpha value is -4.13. The van der Waals surface area contributed by atoms with Crippen LogP contribution in [0, 0.1) is 11.7 Å². The number of pyridine rings is 1. The summed E-state index contributed by atoms with van der Waals surface area (Å²) in [5, 5.41) is 16.0. The molecule has 0 unspecified atom stereocenters. The average molecular weight is 574 g/mol. The second-order valence-electron chi connectivity index (χ2n) is 10.8. The molecule has 216 valence electrons. The van der Waals surface area contributed by atoms with Gasteiger partial charge >= 0.3 is 6.18 Å². The standard InChI is InChI=1S/C28H27F4N5O4/c1-27(2,40)17-11-33-24(34-12-17)20-9-16-6-7-37(26(39)19(16)10-21(20)29)14-15-4-3-5-18(8-15)41-22-13-35-36-25(38)23(22)28(30,31)32/h6-7,9-13,15,18,40H,3-5,8,14H2,1-2H3,(H,36,38)/t15-,18+/m1/s1. The van der Waals surface area contributed by atoms with Crippen LogP contribution < -0.4 is 15.9 Å². The van der Waals surface area contributed by atoms with Crippen LogP contribution in [0.5, 0.6) is 5.75 Å². The molecule has 0 aliphatic heterocycles. The first-order valence-electron chi connectivity index (χ1n) is 13.0. The van der Waals surface area contributed by atoms with Crippen molar-refractivity contribution in [1.29, 1.82) is 0 Å². The lowest BCUT2D eigenvalue weighted by Crippen LogP contribution is -2.32. The van der Waals surface area contributed by atoms with Crippen LogP contribution in [-0.4, -0.2) is 35.9 Å². The highest BCUT2D eigenvalue weighted by Gasteiger charge is 2.39. The number of H-pyrrole nitrogens is 1. The topological polar surface area (TPSA) is 123 Å². The van der Waals surface area contributed by atoms with E-state index >= 15 is 4.39 Å². The van der Waals surface area contributed by atoms with Crippen LogP contribution in [0.1, 0.15) is 50.7 Å². The molecule has 3 heterocycles. The summed E-state index contributed by atoms with van der Waals surface area (Å²) in [5.41, 5.74) is -3.79. The lowest BCUT2D eigenvalue weighted by Gasteiger charge is -2.30. The summed E-state index contributed by atoms with van der Waals surface area (Å²) in [6.45, 7) is 3.43. The van der Waals surface area contributed by atoms with E-state index in [1.165, 1.54) is 23.0 Å². The highest BCUT2D eigenvalue weighted by molar-refractivity contribution is 5.86. The van der Waals surface area contributed by atoms with Gasteiger partial charge in [-0.25, -0.2) is 19.5 Å². The lowest BCUT2D eigenvalue weighted by atomic mass is 9.87. The molecule has 41 heavy (non-hydrogen) atoms. The number of aliphatic hydroxyl groups is 1. The molecule has 0 spiro atoms. The lowest BCUT2D eigenvalue weighted by molar-refractivity contribution is -0.140. The zero-order valence-corrected chi connectivity index (χ0v) is 22.2. The van der Waals surface area contributed by atoms with Crippen LogP contribution in [0.3, 0.4) is 0 Å². The van der Waals surface area contributed by atoms with E-state index in [1.54, 1.807) is 31.2 Å². The maximum atomic E-state index is 15.1. The summed E-state index contributed by atoms with van der Waals surface area (Å²) in [4.78, 5) is 33.4. The first-order valence-corrected chi connectivity index (χ1v) is 13.0. The molecule has 5 rings (SSSR count). The molecule has 0 amide bonds. The molecule has 2 atom stereocenters. The molecule has 1 aromatic carbocycles. The third kappa shape index (κ3) is 5.99. The predicted octanol–water partition coefficient (Wildman–Crippen LogP) is 4.56. The molecule has 4 aromatic rings. The van der Waals surface area contributed by atoms with E-state index in [1.807, 2.05) is 0 Å².